The molecule has 0 aliphatic carbocycles. The molecule has 34 heavy (non-hydrogen) atoms. The van der Waals surface area contributed by atoms with Crippen molar-refractivity contribution >= 4 is 29.3 Å². The van der Waals surface area contributed by atoms with Crippen LogP contribution in [0, 0.1) is 0 Å². The van der Waals surface area contributed by atoms with Crippen LogP contribution in [0.25, 0.3) is 0 Å². The van der Waals surface area contributed by atoms with Gasteiger partial charge in [-0.25, -0.2) is 4.79 Å². The van der Waals surface area contributed by atoms with E-state index in [2.05, 4.69) is 5.32 Å². The van der Waals surface area contributed by atoms with Crippen molar-refractivity contribution in [3.05, 3.63) is 94.5 Å². The van der Waals surface area contributed by atoms with Crippen LogP contribution >= 0.6 is 11.6 Å². The number of nitrogens with one attached hydrogen (secondary N) is 1. The number of ketones is 1. The van der Waals surface area contributed by atoms with Gasteiger partial charge >= 0.3 is 5.97 Å². The molecule has 0 saturated carbocycles. The van der Waals surface area contributed by atoms with Crippen LogP contribution in [-0.2, 0) is 11.2 Å². The fraction of sp³-hybridized carbons (Fsp3) is 0.222. The van der Waals surface area contributed by atoms with Crippen LogP contribution in [0.4, 0.5) is 0 Å². The molecule has 0 spiro atoms. The Kier molecular flexibility index (Phi) is 8.08. The summed E-state index contributed by atoms with van der Waals surface area (Å²) in [5, 5.41) is 3.46. The van der Waals surface area contributed by atoms with Crippen LogP contribution in [0.2, 0.25) is 5.02 Å². The summed E-state index contributed by atoms with van der Waals surface area (Å²) < 4.78 is 11.3. The maximum absolute atomic E-state index is 12.6. The predicted molar refractivity (Wildman–Crippen MR) is 131 cm³/mol. The Morgan fingerprint density at radius 1 is 0.824 bits per heavy atom. The Morgan fingerprint density at radius 3 is 1.97 bits per heavy atom. The third-order valence-electron chi connectivity index (χ3n) is 5.06. The number of carbonyl (C=O) groups is 3. The van der Waals surface area contributed by atoms with Crippen molar-refractivity contribution in [2.45, 2.75) is 32.8 Å². The molecule has 1 amide bonds. The highest BCUT2D eigenvalue weighted by Gasteiger charge is 2.32. The van der Waals surface area contributed by atoms with E-state index in [4.69, 9.17) is 21.1 Å². The zero-order valence-corrected chi connectivity index (χ0v) is 20.0. The highest BCUT2D eigenvalue weighted by Crippen LogP contribution is 2.22. The number of benzene rings is 3. The lowest BCUT2D eigenvalue weighted by Gasteiger charge is -2.24. The van der Waals surface area contributed by atoms with Gasteiger partial charge in [0.25, 0.3) is 5.91 Å². The average Bonchev–Trinajstić information content (AvgIpc) is 2.80. The fourth-order valence-electron chi connectivity index (χ4n) is 3.07. The molecule has 3 aromatic rings. The van der Waals surface area contributed by atoms with E-state index in [0.29, 0.717) is 40.6 Å². The first-order valence-corrected chi connectivity index (χ1v) is 11.2. The molecule has 1 N–H and O–H groups in total. The largest absolute Gasteiger partial charge is 0.476 e. The predicted octanol–water partition coefficient (Wildman–Crippen LogP) is 5.28. The molecule has 0 heterocycles. The topological polar surface area (TPSA) is 81.7 Å². The number of carbonyl (C=O) groups excluding carboxylic acids is 3. The van der Waals surface area contributed by atoms with Crippen molar-refractivity contribution in [1.29, 1.82) is 0 Å². The van der Waals surface area contributed by atoms with Gasteiger partial charge in [0, 0.05) is 22.7 Å². The summed E-state index contributed by atoms with van der Waals surface area (Å²) in [6.07, 6.45) is 0.640. The normalized spacial score (nSPS) is 10.9. The number of halogens is 1. The Bertz CT molecular complexity index is 1150. The molecule has 3 aromatic carbocycles. The summed E-state index contributed by atoms with van der Waals surface area (Å²) in [4.78, 5) is 36.1. The number of hydrogen-bond acceptors (Lipinski definition) is 5. The van der Waals surface area contributed by atoms with Crippen molar-refractivity contribution in [3.8, 4) is 11.5 Å². The average molecular weight is 480 g/mol. The molecule has 7 heteroatoms. The van der Waals surface area contributed by atoms with Crippen LogP contribution in [-0.4, -0.2) is 29.8 Å². The first-order chi connectivity index (χ1) is 16.1. The van der Waals surface area contributed by atoms with Crippen LogP contribution in [0.3, 0.4) is 0 Å². The van der Waals surface area contributed by atoms with Gasteiger partial charge in [-0.1, -0.05) is 23.7 Å². The van der Waals surface area contributed by atoms with Gasteiger partial charge in [-0.3, -0.25) is 9.59 Å². The number of ether oxygens (including phenoxy) is 2. The first kappa shape index (κ1) is 25.0. The minimum Gasteiger partial charge on any atom is -0.476 e. The van der Waals surface area contributed by atoms with Gasteiger partial charge in [0.1, 0.15) is 11.5 Å². The second-order valence-corrected chi connectivity index (χ2v) is 8.68. The van der Waals surface area contributed by atoms with Crippen LogP contribution in [0.15, 0.2) is 72.8 Å². The molecule has 0 aliphatic rings. The SMILES string of the molecule is CC(=O)c1ccc(OC(=O)C(C)(C)Oc2ccc(CCNC(=O)c3ccc(Cl)cc3)cc2)cc1. The Hall–Kier alpha value is -3.64. The number of rotatable bonds is 9. The molecule has 0 fully saturated rings. The standard InChI is InChI=1S/C27H26ClNO5/c1-18(30)20-8-14-23(15-9-20)33-26(32)27(2,3)34-24-12-4-19(5-13-24)16-17-29-25(31)21-6-10-22(28)11-7-21/h4-15H,16-17H2,1-3H3,(H,29,31). The zero-order valence-electron chi connectivity index (χ0n) is 19.3. The summed E-state index contributed by atoms with van der Waals surface area (Å²) in [5.41, 5.74) is 0.875. The van der Waals surface area contributed by atoms with E-state index in [-0.39, 0.29) is 11.7 Å². The zero-order chi connectivity index (χ0) is 24.7. The van der Waals surface area contributed by atoms with Gasteiger partial charge in [-0.15, -0.1) is 0 Å². The molecule has 0 saturated heterocycles. The molecule has 3 rings (SSSR count). The van der Waals surface area contributed by atoms with E-state index in [1.165, 1.54) is 6.92 Å². The van der Waals surface area contributed by atoms with Crippen LogP contribution < -0.4 is 14.8 Å². The maximum atomic E-state index is 12.6. The van der Waals surface area contributed by atoms with E-state index in [1.807, 2.05) is 12.1 Å². The van der Waals surface area contributed by atoms with Gasteiger partial charge < -0.3 is 14.8 Å². The van der Waals surface area contributed by atoms with Crippen LogP contribution in [0.5, 0.6) is 11.5 Å². The number of hydrogen-bond donors (Lipinski definition) is 1. The number of esters is 1. The minimum atomic E-state index is -1.23. The fourth-order valence-corrected chi connectivity index (χ4v) is 3.20. The summed E-state index contributed by atoms with van der Waals surface area (Å²) in [5.74, 6) is 0.0734. The van der Waals surface area contributed by atoms with Gasteiger partial charge in [0.05, 0.1) is 0 Å². The van der Waals surface area contributed by atoms with Crippen molar-refractivity contribution in [2.75, 3.05) is 6.54 Å². The van der Waals surface area contributed by atoms with Crippen molar-refractivity contribution in [2.24, 2.45) is 0 Å². The number of amides is 1. The van der Waals surface area contributed by atoms with Gasteiger partial charge in [0.15, 0.2) is 5.78 Å². The van der Waals surface area contributed by atoms with Crippen molar-refractivity contribution in [3.63, 3.8) is 0 Å². The summed E-state index contributed by atoms with van der Waals surface area (Å²) in [6.45, 7) is 5.20. The number of Topliss-reactive ketones (excluding diaryl/α,β-unsaturated/α-hetero) is 1. The third kappa shape index (κ3) is 6.93. The second-order valence-electron chi connectivity index (χ2n) is 8.24. The van der Waals surface area contributed by atoms with E-state index in [0.717, 1.165) is 5.56 Å². The summed E-state index contributed by atoms with van der Waals surface area (Å²) >= 11 is 5.84. The van der Waals surface area contributed by atoms with Crippen LogP contribution in [0.1, 0.15) is 47.1 Å². The minimum absolute atomic E-state index is 0.0612. The first-order valence-electron chi connectivity index (χ1n) is 10.8. The smallest absolute Gasteiger partial charge is 0.355 e. The Balaban J connectivity index is 1.50. The lowest BCUT2D eigenvalue weighted by molar-refractivity contribution is -0.149. The molecule has 0 radical (unpaired) electrons. The molecule has 0 aliphatic heterocycles. The lowest BCUT2D eigenvalue weighted by atomic mass is 10.1. The van der Waals surface area contributed by atoms with Gasteiger partial charge in [-0.05, 0) is 93.4 Å². The van der Waals surface area contributed by atoms with Crippen molar-refractivity contribution < 1.29 is 23.9 Å². The molecular weight excluding hydrogens is 454 g/mol. The third-order valence-corrected chi connectivity index (χ3v) is 5.32. The van der Waals surface area contributed by atoms with E-state index in [1.54, 1.807) is 74.5 Å². The molecule has 0 aromatic heterocycles. The van der Waals surface area contributed by atoms with Gasteiger partial charge in [0.2, 0.25) is 5.60 Å². The molecule has 0 unspecified atom stereocenters. The quantitative estimate of drug-likeness (QED) is 0.256. The highest BCUT2D eigenvalue weighted by atomic mass is 35.5. The molecule has 176 valence electrons. The molecule has 0 atom stereocenters. The van der Waals surface area contributed by atoms with Crippen molar-refractivity contribution in [1.82, 2.24) is 5.32 Å². The van der Waals surface area contributed by atoms with E-state index in [9.17, 15) is 14.4 Å². The monoisotopic (exact) mass is 479 g/mol. The van der Waals surface area contributed by atoms with Gasteiger partial charge in [-0.2, -0.15) is 0 Å². The molecular formula is C27H26ClNO5. The highest BCUT2D eigenvalue weighted by molar-refractivity contribution is 6.30. The van der Waals surface area contributed by atoms with E-state index < -0.39 is 11.6 Å². The second kappa shape index (κ2) is 11.0. The summed E-state index contributed by atoms with van der Waals surface area (Å²) in [6, 6.07) is 20.4. The Labute approximate surface area is 203 Å². The lowest BCUT2D eigenvalue weighted by Crippen LogP contribution is -2.41. The Morgan fingerprint density at radius 2 is 1.38 bits per heavy atom. The maximum Gasteiger partial charge on any atom is 0.355 e. The summed E-state index contributed by atoms with van der Waals surface area (Å²) in [7, 11) is 0. The van der Waals surface area contributed by atoms with E-state index >= 15 is 0 Å². The molecule has 0 bridgehead atoms. The molecule has 6 nitrogen and oxygen atoms in total.